The van der Waals surface area contributed by atoms with Gasteiger partial charge in [-0.15, -0.1) is 0 Å². The van der Waals surface area contributed by atoms with E-state index < -0.39 is 0 Å². The van der Waals surface area contributed by atoms with Crippen molar-refractivity contribution in [3.63, 3.8) is 0 Å². The van der Waals surface area contributed by atoms with E-state index in [4.69, 9.17) is 11.6 Å². The van der Waals surface area contributed by atoms with Crippen molar-refractivity contribution in [1.29, 1.82) is 0 Å². The lowest BCUT2D eigenvalue weighted by Crippen LogP contribution is -2.16. The summed E-state index contributed by atoms with van der Waals surface area (Å²) in [4.78, 5) is 1.81. The van der Waals surface area contributed by atoms with Gasteiger partial charge in [-0.2, -0.15) is 8.75 Å². The van der Waals surface area contributed by atoms with E-state index in [1.165, 1.54) is 12.1 Å². The van der Waals surface area contributed by atoms with Gasteiger partial charge in [0.1, 0.15) is 5.82 Å². The van der Waals surface area contributed by atoms with E-state index in [2.05, 4.69) is 8.75 Å². The third-order valence-corrected chi connectivity index (χ3v) is 3.00. The fourth-order valence-corrected chi connectivity index (χ4v) is 2.18. The summed E-state index contributed by atoms with van der Waals surface area (Å²) in [6.45, 7) is 2.59. The highest BCUT2D eigenvalue weighted by atomic mass is 35.5. The lowest BCUT2D eigenvalue weighted by Gasteiger charge is -2.20. The Bertz CT molecular complexity index is 488. The van der Waals surface area contributed by atoms with Crippen molar-refractivity contribution in [1.82, 2.24) is 8.75 Å². The molecular weight excluding hydrogens is 249 g/mol. The Kier molecular flexibility index (Phi) is 3.36. The van der Waals surface area contributed by atoms with Gasteiger partial charge in [0.25, 0.3) is 0 Å². The number of nitrogens with zero attached hydrogens (tertiary/aromatic N) is 3. The average molecular weight is 258 g/mol. The highest BCUT2D eigenvalue weighted by Gasteiger charge is 2.15. The molecule has 0 saturated carbocycles. The Morgan fingerprint density at radius 3 is 2.81 bits per heavy atom. The summed E-state index contributed by atoms with van der Waals surface area (Å²) in [5, 5.41) is 0.344. The van der Waals surface area contributed by atoms with E-state index in [0.717, 1.165) is 17.4 Å². The minimum atomic E-state index is -0.282. The maximum absolute atomic E-state index is 13.1. The molecule has 1 aromatic heterocycles. The zero-order valence-electron chi connectivity index (χ0n) is 8.52. The van der Waals surface area contributed by atoms with Crippen LogP contribution < -0.4 is 4.90 Å². The van der Waals surface area contributed by atoms with Crippen LogP contribution in [0.3, 0.4) is 0 Å². The van der Waals surface area contributed by atoms with E-state index in [-0.39, 0.29) is 5.82 Å². The topological polar surface area (TPSA) is 29.0 Å². The van der Waals surface area contributed by atoms with E-state index >= 15 is 0 Å². The van der Waals surface area contributed by atoms with E-state index in [1.54, 1.807) is 6.07 Å². The van der Waals surface area contributed by atoms with Crippen molar-refractivity contribution in [3.05, 3.63) is 35.2 Å². The maximum Gasteiger partial charge on any atom is 0.187 e. The van der Waals surface area contributed by atoms with Gasteiger partial charge in [-0.3, -0.25) is 0 Å². The molecule has 0 amide bonds. The second-order valence-electron chi connectivity index (χ2n) is 3.10. The maximum atomic E-state index is 13.1. The summed E-state index contributed by atoms with van der Waals surface area (Å²) in [5.74, 6) is 0.287. The van der Waals surface area contributed by atoms with Crippen LogP contribution in [0.1, 0.15) is 6.92 Å². The first kappa shape index (κ1) is 11.3. The van der Waals surface area contributed by atoms with Crippen LogP contribution in [0.2, 0.25) is 5.15 Å². The first-order valence-electron chi connectivity index (χ1n) is 4.73. The average Bonchev–Trinajstić information content (AvgIpc) is 2.67. The minimum absolute atomic E-state index is 0.282. The monoisotopic (exact) mass is 257 g/mol. The zero-order chi connectivity index (χ0) is 11.5. The molecule has 0 aliphatic carbocycles. The quantitative estimate of drug-likeness (QED) is 0.843. The van der Waals surface area contributed by atoms with Crippen molar-refractivity contribution in [3.8, 4) is 0 Å². The van der Waals surface area contributed by atoms with E-state index in [9.17, 15) is 4.39 Å². The van der Waals surface area contributed by atoms with Gasteiger partial charge in [0.15, 0.2) is 11.0 Å². The molecule has 0 unspecified atom stereocenters. The van der Waals surface area contributed by atoms with E-state index in [1.807, 2.05) is 17.9 Å². The predicted octanol–water partition coefficient (Wildman–Crippen LogP) is 3.49. The largest absolute Gasteiger partial charge is 0.323 e. The molecule has 0 aliphatic heterocycles. The van der Waals surface area contributed by atoms with Crippen molar-refractivity contribution >= 4 is 34.8 Å². The SMILES string of the molecule is CCN(c1cccc(F)c1)c1nsnc1Cl. The Hall–Kier alpha value is -1.20. The Morgan fingerprint density at radius 2 is 2.25 bits per heavy atom. The molecule has 0 atom stereocenters. The Morgan fingerprint density at radius 1 is 1.44 bits per heavy atom. The normalized spacial score (nSPS) is 10.4. The molecule has 2 aromatic rings. The number of benzene rings is 1. The van der Waals surface area contributed by atoms with Gasteiger partial charge < -0.3 is 4.90 Å². The molecule has 0 aliphatic rings. The molecule has 16 heavy (non-hydrogen) atoms. The molecule has 0 saturated heterocycles. The van der Waals surface area contributed by atoms with Gasteiger partial charge in [-0.25, -0.2) is 4.39 Å². The number of halogens is 2. The fraction of sp³-hybridized carbons (Fsp3) is 0.200. The van der Waals surface area contributed by atoms with Crippen molar-refractivity contribution < 1.29 is 4.39 Å². The Labute approximate surface area is 102 Å². The summed E-state index contributed by atoms with van der Waals surface area (Å²) < 4.78 is 21.1. The molecule has 0 radical (unpaired) electrons. The van der Waals surface area contributed by atoms with Gasteiger partial charge in [0.05, 0.1) is 11.7 Å². The third-order valence-electron chi connectivity index (χ3n) is 2.12. The molecule has 0 N–H and O–H groups in total. The Balaban J connectivity index is 2.40. The van der Waals surface area contributed by atoms with Crippen LogP contribution in [0.5, 0.6) is 0 Å². The second kappa shape index (κ2) is 4.76. The first-order chi connectivity index (χ1) is 7.72. The van der Waals surface area contributed by atoms with Gasteiger partial charge in [0.2, 0.25) is 0 Å². The molecule has 2 rings (SSSR count). The smallest absolute Gasteiger partial charge is 0.187 e. The van der Waals surface area contributed by atoms with Gasteiger partial charge >= 0.3 is 0 Å². The molecule has 3 nitrogen and oxygen atoms in total. The molecule has 6 heteroatoms. The lowest BCUT2D eigenvalue weighted by molar-refractivity contribution is 0.627. The van der Waals surface area contributed by atoms with Crippen molar-refractivity contribution in [2.45, 2.75) is 6.92 Å². The van der Waals surface area contributed by atoms with Crippen LogP contribution in [-0.2, 0) is 0 Å². The van der Waals surface area contributed by atoms with E-state index in [0.29, 0.717) is 17.5 Å². The molecule has 1 heterocycles. The summed E-state index contributed by atoms with van der Waals surface area (Å²) in [6.07, 6.45) is 0. The third kappa shape index (κ3) is 2.15. The highest BCUT2D eigenvalue weighted by Crippen LogP contribution is 2.29. The number of rotatable bonds is 3. The van der Waals surface area contributed by atoms with Crippen LogP contribution in [0.15, 0.2) is 24.3 Å². The minimum Gasteiger partial charge on any atom is -0.323 e. The summed E-state index contributed by atoms with van der Waals surface area (Å²) >= 11 is 6.95. The fourth-order valence-electron chi connectivity index (χ4n) is 1.43. The van der Waals surface area contributed by atoms with Crippen LogP contribution in [0.25, 0.3) is 0 Å². The number of aromatic nitrogens is 2. The van der Waals surface area contributed by atoms with Crippen LogP contribution in [0, 0.1) is 5.82 Å². The van der Waals surface area contributed by atoms with Crippen molar-refractivity contribution in [2.24, 2.45) is 0 Å². The standard InChI is InChI=1S/C10H9ClFN3S/c1-2-15(10-9(11)13-16-14-10)8-5-3-4-7(12)6-8/h3-6H,2H2,1H3. The van der Waals surface area contributed by atoms with Crippen LogP contribution in [0.4, 0.5) is 15.9 Å². The predicted molar refractivity (Wildman–Crippen MR) is 64.0 cm³/mol. The number of hydrogen-bond acceptors (Lipinski definition) is 4. The molecule has 0 fully saturated rings. The molecule has 1 aromatic carbocycles. The summed E-state index contributed by atoms with van der Waals surface area (Å²) in [5.41, 5.74) is 0.720. The molecule has 0 spiro atoms. The number of hydrogen-bond donors (Lipinski definition) is 0. The molecular formula is C10H9ClFN3S. The van der Waals surface area contributed by atoms with Gasteiger partial charge in [-0.05, 0) is 25.1 Å². The van der Waals surface area contributed by atoms with Crippen molar-refractivity contribution in [2.75, 3.05) is 11.4 Å². The van der Waals surface area contributed by atoms with Gasteiger partial charge in [0, 0.05) is 12.2 Å². The van der Waals surface area contributed by atoms with Crippen LogP contribution in [-0.4, -0.2) is 15.3 Å². The second-order valence-corrected chi connectivity index (χ2v) is 3.99. The highest BCUT2D eigenvalue weighted by molar-refractivity contribution is 6.99. The number of anilines is 2. The van der Waals surface area contributed by atoms with Gasteiger partial charge in [-0.1, -0.05) is 17.7 Å². The molecule has 84 valence electrons. The summed E-state index contributed by atoms with van der Waals surface area (Å²) in [7, 11) is 0. The lowest BCUT2D eigenvalue weighted by atomic mass is 10.3. The summed E-state index contributed by atoms with van der Waals surface area (Å²) in [6, 6.07) is 6.31. The molecule has 0 bridgehead atoms. The first-order valence-corrected chi connectivity index (χ1v) is 5.84. The van der Waals surface area contributed by atoms with Crippen LogP contribution >= 0.6 is 23.3 Å². The zero-order valence-corrected chi connectivity index (χ0v) is 10.1.